The minimum Gasteiger partial charge on any atom is -0.507 e. The summed E-state index contributed by atoms with van der Waals surface area (Å²) in [7, 11) is 1.58. The van der Waals surface area contributed by atoms with E-state index in [0.717, 1.165) is 0 Å². The van der Waals surface area contributed by atoms with Crippen molar-refractivity contribution < 1.29 is 19.4 Å². The summed E-state index contributed by atoms with van der Waals surface area (Å²) in [5, 5.41) is 10.3. The predicted octanol–water partition coefficient (Wildman–Crippen LogP) is 4.46. The van der Waals surface area contributed by atoms with Crippen LogP contribution in [0.15, 0.2) is 12.1 Å². The number of Topliss-reactive ketones (excluding diaryl/α,β-unsaturated/α-hetero) is 1. The Bertz CT molecular complexity index is 406. The Kier molecular flexibility index (Phi) is 14.6. The highest BCUT2D eigenvalue weighted by Crippen LogP contribution is 2.28. The molecule has 0 spiro atoms. The second-order valence-electron chi connectivity index (χ2n) is 3.56. The summed E-state index contributed by atoms with van der Waals surface area (Å²) < 4.78 is 10.1. The number of aromatic hydroxyl groups is 1. The van der Waals surface area contributed by atoms with E-state index in [2.05, 4.69) is 0 Å². The van der Waals surface area contributed by atoms with Crippen LogP contribution in [0.4, 0.5) is 0 Å². The van der Waals surface area contributed by atoms with Crippen molar-refractivity contribution in [3.05, 3.63) is 28.3 Å². The first kappa shape index (κ1) is 22.2. The molecule has 0 saturated carbocycles. The lowest BCUT2D eigenvalue weighted by Gasteiger charge is -2.09. The lowest BCUT2D eigenvalue weighted by atomic mass is 10.1. The van der Waals surface area contributed by atoms with Gasteiger partial charge >= 0.3 is 0 Å². The molecule has 0 bridgehead atoms. The molecular formula is C16H27ClO4. The molecule has 21 heavy (non-hydrogen) atoms. The number of carbonyl (C=O) groups is 1. The van der Waals surface area contributed by atoms with Gasteiger partial charge in [0.15, 0.2) is 5.78 Å². The van der Waals surface area contributed by atoms with E-state index in [-0.39, 0.29) is 23.7 Å². The molecule has 0 fully saturated rings. The minimum absolute atomic E-state index is 0.0701. The number of ether oxygens (including phenoxy) is 2. The molecule has 1 aromatic rings. The number of rotatable bonds is 6. The lowest BCUT2D eigenvalue weighted by molar-refractivity contribution is 0.0607. The van der Waals surface area contributed by atoms with Gasteiger partial charge < -0.3 is 14.6 Å². The van der Waals surface area contributed by atoms with Crippen LogP contribution in [0.3, 0.4) is 0 Å². The average Bonchev–Trinajstić information content (AvgIpc) is 2.50. The summed E-state index contributed by atoms with van der Waals surface area (Å²) >= 11 is 5.86. The van der Waals surface area contributed by atoms with Gasteiger partial charge in [0.25, 0.3) is 0 Å². The van der Waals surface area contributed by atoms with Crippen molar-refractivity contribution in [2.75, 3.05) is 20.3 Å². The first-order chi connectivity index (χ1) is 10.1. The standard InChI is InChI=1S/C12H15ClO4.2C2H6/c1-8(14)11-6-10(13)5-9(12(11)15)7-17-4-3-16-2;2*1-2/h5-6,15H,3-4,7H2,1-2H3;2*1-2H3. The fourth-order valence-electron chi connectivity index (χ4n) is 1.36. The number of carbonyl (C=O) groups excluding carboxylic acids is 1. The maximum atomic E-state index is 11.3. The van der Waals surface area contributed by atoms with Gasteiger partial charge in [-0.15, -0.1) is 0 Å². The van der Waals surface area contributed by atoms with E-state index in [1.807, 2.05) is 27.7 Å². The third kappa shape index (κ3) is 8.71. The van der Waals surface area contributed by atoms with Crippen LogP contribution in [0.2, 0.25) is 5.02 Å². The second-order valence-corrected chi connectivity index (χ2v) is 4.00. The molecular weight excluding hydrogens is 292 g/mol. The quantitative estimate of drug-likeness (QED) is 0.621. The summed E-state index contributed by atoms with van der Waals surface area (Å²) in [4.78, 5) is 11.3. The second kappa shape index (κ2) is 13.9. The van der Waals surface area contributed by atoms with Crippen molar-refractivity contribution in [2.45, 2.75) is 41.2 Å². The van der Waals surface area contributed by atoms with Crippen LogP contribution in [0, 0.1) is 0 Å². The number of hydrogen-bond donors (Lipinski definition) is 1. The van der Waals surface area contributed by atoms with Crippen molar-refractivity contribution in [1.82, 2.24) is 0 Å². The Balaban J connectivity index is 0. The van der Waals surface area contributed by atoms with Crippen molar-refractivity contribution in [2.24, 2.45) is 0 Å². The zero-order chi connectivity index (χ0) is 16.8. The first-order valence-electron chi connectivity index (χ1n) is 7.15. The Labute approximate surface area is 133 Å². The average molecular weight is 319 g/mol. The maximum absolute atomic E-state index is 11.3. The molecule has 4 nitrogen and oxygen atoms in total. The number of benzene rings is 1. The Morgan fingerprint density at radius 2 is 1.76 bits per heavy atom. The summed E-state index contributed by atoms with van der Waals surface area (Å²) in [5.74, 6) is -0.303. The number of ketones is 1. The Hall–Kier alpha value is -1.10. The number of phenols is 1. The van der Waals surface area contributed by atoms with Crippen LogP contribution >= 0.6 is 11.6 Å². The van der Waals surface area contributed by atoms with Crippen molar-refractivity contribution in [3.63, 3.8) is 0 Å². The summed E-state index contributed by atoms with van der Waals surface area (Å²) in [5.41, 5.74) is 0.710. The van der Waals surface area contributed by atoms with Gasteiger partial charge in [0, 0.05) is 17.7 Å². The topological polar surface area (TPSA) is 55.8 Å². The molecule has 0 unspecified atom stereocenters. The number of halogens is 1. The lowest BCUT2D eigenvalue weighted by Crippen LogP contribution is -2.03. The van der Waals surface area contributed by atoms with Crippen LogP contribution in [-0.2, 0) is 16.1 Å². The number of hydrogen-bond acceptors (Lipinski definition) is 4. The molecule has 1 aromatic carbocycles. The highest BCUT2D eigenvalue weighted by atomic mass is 35.5. The van der Waals surface area contributed by atoms with Crippen molar-refractivity contribution >= 4 is 17.4 Å². The van der Waals surface area contributed by atoms with E-state index >= 15 is 0 Å². The molecule has 5 heteroatoms. The molecule has 0 radical (unpaired) electrons. The van der Waals surface area contributed by atoms with Gasteiger partial charge in [0.05, 0.1) is 25.4 Å². The summed E-state index contributed by atoms with van der Waals surface area (Å²) in [6.07, 6.45) is 0. The van der Waals surface area contributed by atoms with Gasteiger partial charge in [-0.05, 0) is 19.1 Å². The van der Waals surface area contributed by atoms with E-state index < -0.39 is 0 Å². The largest absolute Gasteiger partial charge is 0.507 e. The third-order valence-corrected chi connectivity index (χ3v) is 2.44. The highest BCUT2D eigenvalue weighted by molar-refractivity contribution is 6.31. The smallest absolute Gasteiger partial charge is 0.163 e. The Morgan fingerprint density at radius 1 is 1.19 bits per heavy atom. The number of phenolic OH excluding ortho intramolecular Hbond substituents is 1. The van der Waals surface area contributed by atoms with E-state index in [1.165, 1.54) is 13.0 Å². The highest BCUT2D eigenvalue weighted by Gasteiger charge is 2.12. The SMILES string of the molecule is CC.CC.COCCOCc1cc(Cl)cc(C(C)=O)c1O. The Morgan fingerprint density at radius 3 is 2.24 bits per heavy atom. The molecule has 1 N–H and O–H groups in total. The molecule has 0 aromatic heterocycles. The van der Waals surface area contributed by atoms with E-state index in [4.69, 9.17) is 21.1 Å². The first-order valence-corrected chi connectivity index (χ1v) is 7.53. The molecule has 0 heterocycles. The van der Waals surface area contributed by atoms with E-state index in [0.29, 0.717) is 23.8 Å². The fourth-order valence-corrected chi connectivity index (χ4v) is 1.60. The van der Waals surface area contributed by atoms with Gasteiger partial charge in [0.2, 0.25) is 0 Å². The van der Waals surface area contributed by atoms with Crippen LogP contribution in [0.1, 0.15) is 50.5 Å². The molecule has 0 aliphatic carbocycles. The zero-order valence-electron chi connectivity index (χ0n) is 13.8. The van der Waals surface area contributed by atoms with Gasteiger partial charge in [-0.1, -0.05) is 39.3 Å². The normalized spacial score (nSPS) is 9.10. The molecule has 0 atom stereocenters. The summed E-state index contributed by atoms with van der Waals surface area (Å²) in [6, 6.07) is 3.02. The van der Waals surface area contributed by atoms with Crippen LogP contribution in [0.5, 0.6) is 5.75 Å². The molecule has 1 rings (SSSR count). The van der Waals surface area contributed by atoms with Crippen LogP contribution in [0.25, 0.3) is 0 Å². The fraction of sp³-hybridized carbons (Fsp3) is 0.562. The van der Waals surface area contributed by atoms with Gasteiger partial charge in [0.1, 0.15) is 5.75 Å². The summed E-state index contributed by atoms with van der Waals surface area (Å²) in [6.45, 7) is 10.5. The van der Waals surface area contributed by atoms with Gasteiger partial charge in [-0.25, -0.2) is 0 Å². The molecule has 0 amide bonds. The maximum Gasteiger partial charge on any atom is 0.163 e. The van der Waals surface area contributed by atoms with E-state index in [1.54, 1.807) is 13.2 Å². The zero-order valence-corrected chi connectivity index (χ0v) is 14.6. The number of methoxy groups -OCH3 is 1. The molecule has 0 saturated heterocycles. The molecule has 122 valence electrons. The van der Waals surface area contributed by atoms with E-state index in [9.17, 15) is 9.90 Å². The molecule has 0 aliphatic rings. The van der Waals surface area contributed by atoms with Crippen LogP contribution < -0.4 is 0 Å². The molecule has 0 aliphatic heterocycles. The predicted molar refractivity (Wildman–Crippen MR) is 87.3 cm³/mol. The van der Waals surface area contributed by atoms with Crippen molar-refractivity contribution in [3.8, 4) is 5.75 Å². The minimum atomic E-state index is -0.233. The van der Waals surface area contributed by atoms with Gasteiger partial charge in [-0.3, -0.25) is 4.79 Å². The van der Waals surface area contributed by atoms with Gasteiger partial charge in [-0.2, -0.15) is 0 Å². The van der Waals surface area contributed by atoms with Crippen LogP contribution in [-0.4, -0.2) is 31.2 Å². The van der Waals surface area contributed by atoms with Crippen molar-refractivity contribution in [1.29, 1.82) is 0 Å². The third-order valence-electron chi connectivity index (χ3n) is 2.22. The monoisotopic (exact) mass is 318 g/mol.